The molecule has 1 unspecified atom stereocenters. The summed E-state index contributed by atoms with van der Waals surface area (Å²) in [5, 5.41) is 3.23. The van der Waals surface area contributed by atoms with Gasteiger partial charge in [-0.25, -0.2) is 8.42 Å². The molecule has 2 amide bonds. The predicted octanol–water partition coefficient (Wildman–Crippen LogP) is 2.63. The highest BCUT2D eigenvalue weighted by atomic mass is 32.2. The van der Waals surface area contributed by atoms with Gasteiger partial charge in [-0.1, -0.05) is 6.92 Å². The summed E-state index contributed by atoms with van der Waals surface area (Å²) in [6.45, 7) is 2.16. The number of nitrogens with two attached hydrogens (primary N) is 1. The van der Waals surface area contributed by atoms with E-state index < -0.39 is 21.7 Å². The van der Waals surface area contributed by atoms with Crippen LogP contribution in [0.2, 0.25) is 0 Å². The standard InChI is InChI=1S/C18H20N2O4S2/c1-10-3-8-13-14(9-10)25-18(15(13)16(19)21)20-17(22)11-4-6-12(7-5-11)26(2,23)24/h4-7,10H,3,8-9H2,1-2H3,(H2,19,21)(H,20,22). The van der Waals surface area contributed by atoms with Crippen molar-refractivity contribution in [1.29, 1.82) is 0 Å². The second-order valence-corrected chi connectivity index (χ2v) is 9.79. The first-order valence-electron chi connectivity index (χ1n) is 8.22. The third kappa shape index (κ3) is 3.66. The molecule has 138 valence electrons. The summed E-state index contributed by atoms with van der Waals surface area (Å²) in [7, 11) is -3.32. The normalized spacial score (nSPS) is 16.8. The number of benzene rings is 1. The van der Waals surface area contributed by atoms with E-state index in [1.807, 2.05) is 0 Å². The van der Waals surface area contributed by atoms with Gasteiger partial charge in [0.1, 0.15) is 5.00 Å². The van der Waals surface area contributed by atoms with E-state index in [4.69, 9.17) is 5.73 Å². The molecule has 0 aliphatic heterocycles. The minimum absolute atomic E-state index is 0.146. The fourth-order valence-electron chi connectivity index (χ4n) is 3.13. The Hall–Kier alpha value is -2.19. The fourth-order valence-corrected chi connectivity index (χ4v) is 5.17. The van der Waals surface area contributed by atoms with Gasteiger partial charge >= 0.3 is 0 Å². The number of sulfone groups is 1. The van der Waals surface area contributed by atoms with Crippen LogP contribution in [0.4, 0.5) is 5.00 Å². The van der Waals surface area contributed by atoms with Crippen molar-refractivity contribution in [2.24, 2.45) is 11.7 Å². The number of carbonyl (C=O) groups excluding carboxylic acids is 2. The largest absolute Gasteiger partial charge is 0.365 e. The van der Waals surface area contributed by atoms with Crippen LogP contribution < -0.4 is 11.1 Å². The third-order valence-electron chi connectivity index (χ3n) is 4.53. The average molecular weight is 393 g/mol. The summed E-state index contributed by atoms with van der Waals surface area (Å²) in [5.74, 6) is -0.409. The zero-order valence-corrected chi connectivity index (χ0v) is 16.2. The maximum absolute atomic E-state index is 12.5. The first kappa shape index (κ1) is 18.6. The van der Waals surface area contributed by atoms with Crippen molar-refractivity contribution < 1.29 is 18.0 Å². The molecule has 3 rings (SSSR count). The van der Waals surface area contributed by atoms with E-state index in [1.54, 1.807) is 0 Å². The topological polar surface area (TPSA) is 106 Å². The highest BCUT2D eigenvalue weighted by Gasteiger charge is 2.27. The lowest BCUT2D eigenvalue weighted by molar-refractivity contribution is 0.1000. The summed E-state index contributed by atoms with van der Waals surface area (Å²) in [6, 6.07) is 5.68. The van der Waals surface area contributed by atoms with Crippen molar-refractivity contribution in [3.63, 3.8) is 0 Å². The molecule has 1 aromatic heterocycles. The second-order valence-electron chi connectivity index (χ2n) is 6.67. The van der Waals surface area contributed by atoms with Gasteiger partial charge in [0.25, 0.3) is 11.8 Å². The first-order valence-corrected chi connectivity index (χ1v) is 10.9. The van der Waals surface area contributed by atoms with Crippen molar-refractivity contribution in [2.45, 2.75) is 31.1 Å². The van der Waals surface area contributed by atoms with E-state index in [2.05, 4.69) is 12.2 Å². The van der Waals surface area contributed by atoms with Crippen LogP contribution >= 0.6 is 11.3 Å². The Balaban J connectivity index is 1.89. The van der Waals surface area contributed by atoms with E-state index in [-0.39, 0.29) is 4.90 Å². The van der Waals surface area contributed by atoms with Gasteiger partial charge < -0.3 is 11.1 Å². The van der Waals surface area contributed by atoms with E-state index >= 15 is 0 Å². The maximum atomic E-state index is 12.5. The monoisotopic (exact) mass is 392 g/mol. The zero-order valence-electron chi connectivity index (χ0n) is 14.5. The van der Waals surface area contributed by atoms with E-state index in [0.717, 1.165) is 36.0 Å². The number of rotatable bonds is 4. The van der Waals surface area contributed by atoms with Crippen LogP contribution in [0.1, 0.15) is 44.5 Å². The smallest absolute Gasteiger partial charge is 0.256 e. The molecule has 1 atom stereocenters. The van der Waals surface area contributed by atoms with Crippen LogP contribution in [0.5, 0.6) is 0 Å². The number of nitrogens with one attached hydrogen (secondary N) is 1. The van der Waals surface area contributed by atoms with E-state index in [9.17, 15) is 18.0 Å². The van der Waals surface area contributed by atoms with Gasteiger partial charge in [-0.2, -0.15) is 0 Å². The maximum Gasteiger partial charge on any atom is 0.256 e. The SMILES string of the molecule is CC1CCc2c(sc(NC(=O)c3ccc(S(C)(=O)=O)cc3)c2C(N)=O)C1. The molecule has 0 spiro atoms. The number of thiophene rings is 1. The van der Waals surface area contributed by atoms with Crippen molar-refractivity contribution in [3.8, 4) is 0 Å². The Labute approximate surface area is 156 Å². The summed E-state index contributed by atoms with van der Waals surface area (Å²) in [6.07, 6.45) is 3.76. The molecule has 8 heteroatoms. The van der Waals surface area contributed by atoms with Gasteiger partial charge in [0.2, 0.25) is 0 Å². The molecule has 3 N–H and O–H groups in total. The average Bonchev–Trinajstić information content (AvgIpc) is 2.91. The third-order valence-corrected chi connectivity index (χ3v) is 6.83. The minimum Gasteiger partial charge on any atom is -0.365 e. The molecule has 0 saturated heterocycles. The molecule has 1 aliphatic carbocycles. The van der Waals surface area contributed by atoms with E-state index in [1.165, 1.54) is 35.6 Å². The Bertz CT molecular complexity index is 975. The van der Waals surface area contributed by atoms with Crippen molar-refractivity contribution in [2.75, 3.05) is 11.6 Å². The number of anilines is 1. The summed E-state index contributed by atoms with van der Waals surface area (Å²) in [4.78, 5) is 25.7. The molecule has 2 aromatic rings. The Kier molecular flexibility index (Phi) is 4.90. The molecule has 0 bridgehead atoms. The summed E-state index contributed by atoms with van der Waals surface area (Å²) in [5.41, 5.74) is 7.21. The van der Waals surface area contributed by atoms with Gasteiger partial charge in [0.15, 0.2) is 9.84 Å². The van der Waals surface area contributed by atoms with E-state index in [0.29, 0.717) is 22.0 Å². The van der Waals surface area contributed by atoms with Crippen LogP contribution in [-0.4, -0.2) is 26.5 Å². The van der Waals surface area contributed by atoms with Gasteiger partial charge in [-0.15, -0.1) is 11.3 Å². The zero-order chi connectivity index (χ0) is 19.1. The van der Waals surface area contributed by atoms with Gasteiger partial charge in [0.05, 0.1) is 10.5 Å². The number of amides is 2. The molecule has 0 fully saturated rings. The van der Waals surface area contributed by atoms with Crippen LogP contribution in [0.3, 0.4) is 0 Å². The number of carbonyl (C=O) groups is 2. The second kappa shape index (κ2) is 6.85. The lowest BCUT2D eigenvalue weighted by Crippen LogP contribution is -2.19. The minimum atomic E-state index is -3.32. The highest BCUT2D eigenvalue weighted by Crippen LogP contribution is 2.39. The predicted molar refractivity (Wildman–Crippen MR) is 102 cm³/mol. The summed E-state index contributed by atoms with van der Waals surface area (Å²) < 4.78 is 23.0. The quantitative estimate of drug-likeness (QED) is 0.834. The molecule has 26 heavy (non-hydrogen) atoms. The molecular formula is C18H20N2O4S2. The molecular weight excluding hydrogens is 372 g/mol. The van der Waals surface area contributed by atoms with Crippen LogP contribution in [0.25, 0.3) is 0 Å². The Morgan fingerprint density at radius 2 is 1.88 bits per heavy atom. The van der Waals surface area contributed by atoms with Crippen molar-refractivity contribution >= 4 is 38.0 Å². The Morgan fingerprint density at radius 3 is 2.46 bits per heavy atom. The fraction of sp³-hybridized carbons (Fsp3) is 0.333. The van der Waals surface area contributed by atoms with Gasteiger partial charge in [0, 0.05) is 16.7 Å². The number of hydrogen-bond donors (Lipinski definition) is 2. The molecule has 6 nitrogen and oxygen atoms in total. The van der Waals surface area contributed by atoms with Crippen LogP contribution in [0.15, 0.2) is 29.2 Å². The number of hydrogen-bond acceptors (Lipinski definition) is 5. The molecule has 1 aromatic carbocycles. The Morgan fingerprint density at radius 1 is 1.23 bits per heavy atom. The van der Waals surface area contributed by atoms with Crippen LogP contribution in [-0.2, 0) is 22.7 Å². The number of fused-ring (bicyclic) bond motifs is 1. The van der Waals surface area contributed by atoms with Gasteiger partial charge in [-0.3, -0.25) is 9.59 Å². The van der Waals surface area contributed by atoms with Crippen molar-refractivity contribution in [3.05, 3.63) is 45.8 Å². The molecule has 1 heterocycles. The summed E-state index contributed by atoms with van der Waals surface area (Å²) >= 11 is 1.40. The van der Waals surface area contributed by atoms with Crippen molar-refractivity contribution in [1.82, 2.24) is 0 Å². The molecule has 1 aliphatic rings. The lowest BCUT2D eigenvalue weighted by atomic mass is 9.88. The first-order chi connectivity index (χ1) is 12.2. The molecule has 0 saturated carbocycles. The van der Waals surface area contributed by atoms with Crippen LogP contribution in [0, 0.1) is 5.92 Å². The highest BCUT2D eigenvalue weighted by molar-refractivity contribution is 7.90. The number of primary amides is 1. The molecule has 0 radical (unpaired) electrons. The lowest BCUT2D eigenvalue weighted by Gasteiger charge is -2.18. The van der Waals surface area contributed by atoms with Gasteiger partial charge in [-0.05, 0) is 55.0 Å².